The lowest BCUT2D eigenvalue weighted by atomic mass is 10.0. The number of amides is 4. The summed E-state index contributed by atoms with van der Waals surface area (Å²) >= 11 is 0. The fourth-order valence-electron chi connectivity index (χ4n) is 2.57. The molecule has 0 bridgehead atoms. The van der Waals surface area contributed by atoms with Crippen LogP contribution in [-0.2, 0) is 9.59 Å². The highest BCUT2D eigenvalue weighted by atomic mass is 16.3. The van der Waals surface area contributed by atoms with E-state index in [-0.39, 0.29) is 5.57 Å². The third-order valence-electron chi connectivity index (χ3n) is 3.97. The van der Waals surface area contributed by atoms with E-state index in [1.54, 1.807) is 31.2 Å². The largest absolute Gasteiger partial charge is 0.462 e. The quantitative estimate of drug-likeness (QED) is 0.687. The van der Waals surface area contributed by atoms with E-state index in [4.69, 9.17) is 4.42 Å². The average Bonchev–Trinajstić information content (AvgIpc) is 2.97. The maximum atomic E-state index is 12.7. The molecule has 2 aromatic rings. The van der Waals surface area contributed by atoms with Crippen molar-refractivity contribution in [2.24, 2.45) is 0 Å². The van der Waals surface area contributed by atoms with Crippen LogP contribution in [0.4, 0.5) is 10.5 Å². The van der Waals surface area contributed by atoms with Crippen molar-refractivity contribution in [2.75, 3.05) is 4.90 Å². The van der Waals surface area contributed by atoms with E-state index in [1.807, 2.05) is 12.1 Å². The highest BCUT2D eigenvalue weighted by Gasteiger charge is 2.37. The Balaban J connectivity index is 1.96. The Bertz CT molecular complexity index is 875. The van der Waals surface area contributed by atoms with Gasteiger partial charge in [0.25, 0.3) is 11.8 Å². The molecule has 6 heteroatoms. The van der Waals surface area contributed by atoms with Crippen LogP contribution >= 0.6 is 0 Å². The van der Waals surface area contributed by atoms with Crippen LogP contribution in [0.3, 0.4) is 0 Å². The number of urea groups is 1. The minimum absolute atomic E-state index is 0.151. The van der Waals surface area contributed by atoms with E-state index in [0.717, 1.165) is 10.5 Å². The molecule has 1 N–H and O–H groups in total. The van der Waals surface area contributed by atoms with Crippen LogP contribution in [0.15, 0.2) is 46.4 Å². The van der Waals surface area contributed by atoms with Crippen LogP contribution < -0.4 is 10.2 Å². The number of nitrogens with one attached hydrogen (secondary N) is 1. The van der Waals surface area contributed by atoms with Crippen molar-refractivity contribution in [2.45, 2.75) is 26.7 Å². The summed E-state index contributed by atoms with van der Waals surface area (Å²) in [6.45, 7) is 5.87. The molecule has 1 aromatic heterocycles. The van der Waals surface area contributed by atoms with E-state index < -0.39 is 17.8 Å². The molecule has 0 atom stereocenters. The van der Waals surface area contributed by atoms with Crippen molar-refractivity contribution in [3.05, 3.63) is 59.1 Å². The summed E-state index contributed by atoms with van der Waals surface area (Å²) in [5, 5.41) is 2.19. The molecule has 2 heterocycles. The maximum absolute atomic E-state index is 12.7. The molecule has 3 rings (SSSR count). The molecule has 25 heavy (non-hydrogen) atoms. The molecule has 0 aliphatic carbocycles. The van der Waals surface area contributed by atoms with Gasteiger partial charge in [0.15, 0.2) is 0 Å². The van der Waals surface area contributed by atoms with E-state index in [0.29, 0.717) is 23.1 Å². The summed E-state index contributed by atoms with van der Waals surface area (Å²) in [6, 6.07) is 9.72. The lowest BCUT2D eigenvalue weighted by Gasteiger charge is -2.26. The lowest BCUT2D eigenvalue weighted by Crippen LogP contribution is -2.54. The number of anilines is 1. The summed E-state index contributed by atoms with van der Waals surface area (Å²) < 4.78 is 5.38. The SMILES string of the molecule is Cc1ccc(C=C2C(=O)NC(=O)N(c3ccc(C(C)C)cc3)C2=O)o1. The van der Waals surface area contributed by atoms with Gasteiger partial charge in [0.2, 0.25) is 0 Å². The average molecular weight is 338 g/mol. The van der Waals surface area contributed by atoms with Crippen LogP contribution in [0.1, 0.15) is 36.8 Å². The van der Waals surface area contributed by atoms with Crippen molar-refractivity contribution >= 4 is 29.6 Å². The Morgan fingerprint density at radius 1 is 1.04 bits per heavy atom. The minimum Gasteiger partial charge on any atom is -0.462 e. The molecule has 128 valence electrons. The number of carbonyl (C=O) groups is 3. The van der Waals surface area contributed by atoms with Crippen molar-refractivity contribution in [1.82, 2.24) is 5.32 Å². The zero-order chi connectivity index (χ0) is 18.1. The molecule has 0 spiro atoms. The minimum atomic E-state index is -0.764. The van der Waals surface area contributed by atoms with Crippen LogP contribution in [0.2, 0.25) is 0 Å². The fourth-order valence-corrected chi connectivity index (χ4v) is 2.57. The van der Waals surface area contributed by atoms with Gasteiger partial charge in [0, 0.05) is 0 Å². The van der Waals surface area contributed by atoms with Gasteiger partial charge in [-0.15, -0.1) is 0 Å². The van der Waals surface area contributed by atoms with Crippen molar-refractivity contribution < 1.29 is 18.8 Å². The van der Waals surface area contributed by atoms with Gasteiger partial charge in [-0.25, -0.2) is 9.69 Å². The Hall–Kier alpha value is -3.15. The number of rotatable bonds is 3. The molecule has 1 aliphatic rings. The van der Waals surface area contributed by atoms with Gasteiger partial charge in [-0.05, 0) is 48.7 Å². The Morgan fingerprint density at radius 3 is 2.28 bits per heavy atom. The van der Waals surface area contributed by atoms with Gasteiger partial charge >= 0.3 is 6.03 Å². The summed E-state index contributed by atoms with van der Waals surface area (Å²) in [7, 11) is 0. The predicted molar refractivity (Wildman–Crippen MR) is 93.0 cm³/mol. The van der Waals surface area contributed by atoms with Crippen molar-refractivity contribution in [3.63, 3.8) is 0 Å². The number of benzene rings is 1. The summed E-state index contributed by atoms with van der Waals surface area (Å²) in [4.78, 5) is 37.9. The first kappa shape index (κ1) is 16.7. The second kappa shape index (κ2) is 6.39. The van der Waals surface area contributed by atoms with Crippen molar-refractivity contribution in [3.8, 4) is 0 Å². The Labute approximate surface area is 145 Å². The molecule has 6 nitrogen and oxygen atoms in total. The highest BCUT2D eigenvalue weighted by Crippen LogP contribution is 2.24. The number of barbiturate groups is 1. The third-order valence-corrected chi connectivity index (χ3v) is 3.97. The molecule has 4 amide bonds. The molecule has 1 aliphatic heterocycles. The maximum Gasteiger partial charge on any atom is 0.335 e. The Kier molecular flexibility index (Phi) is 4.27. The fraction of sp³-hybridized carbons (Fsp3) is 0.211. The molecule has 0 unspecified atom stereocenters. The lowest BCUT2D eigenvalue weighted by molar-refractivity contribution is -0.122. The first-order valence-corrected chi connectivity index (χ1v) is 7.94. The number of hydrogen-bond donors (Lipinski definition) is 1. The number of aryl methyl sites for hydroxylation is 1. The highest BCUT2D eigenvalue weighted by molar-refractivity contribution is 6.39. The van der Waals surface area contributed by atoms with E-state index in [1.165, 1.54) is 6.08 Å². The number of carbonyl (C=O) groups excluding carboxylic acids is 3. The standard InChI is InChI=1S/C19H18N2O4/c1-11(2)13-5-7-14(8-6-13)21-18(23)16(17(22)20-19(21)24)10-15-9-4-12(3)25-15/h4-11H,1-3H3,(H,20,22,24). The molecule has 1 fully saturated rings. The van der Waals surface area contributed by atoms with Gasteiger partial charge in [-0.1, -0.05) is 26.0 Å². The monoisotopic (exact) mass is 338 g/mol. The number of imide groups is 2. The van der Waals surface area contributed by atoms with Crippen LogP contribution in [-0.4, -0.2) is 17.8 Å². The van der Waals surface area contributed by atoms with E-state index >= 15 is 0 Å². The van der Waals surface area contributed by atoms with Gasteiger partial charge < -0.3 is 4.42 Å². The molecule has 0 saturated carbocycles. The normalized spacial score (nSPS) is 16.7. The molecular formula is C19H18N2O4. The molecular weight excluding hydrogens is 320 g/mol. The smallest absolute Gasteiger partial charge is 0.335 e. The number of nitrogens with zero attached hydrogens (tertiary/aromatic N) is 1. The Morgan fingerprint density at radius 2 is 1.72 bits per heavy atom. The predicted octanol–water partition coefficient (Wildman–Crippen LogP) is 3.38. The third kappa shape index (κ3) is 3.24. The van der Waals surface area contributed by atoms with E-state index in [2.05, 4.69) is 19.2 Å². The first-order valence-electron chi connectivity index (χ1n) is 7.94. The zero-order valence-electron chi connectivity index (χ0n) is 14.2. The van der Waals surface area contributed by atoms with Gasteiger partial charge in [0.05, 0.1) is 5.69 Å². The van der Waals surface area contributed by atoms with Crippen molar-refractivity contribution in [1.29, 1.82) is 0 Å². The van der Waals surface area contributed by atoms with Gasteiger partial charge in [0.1, 0.15) is 17.1 Å². The van der Waals surface area contributed by atoms with Crippen LogP contribution in [0, 0.1) is 6.92 Å². The molecule has 1 aromatic carbocycles. The van der Waals surface area contributed by atoms with Crippen LogP contribution in [0.25, 0.3) is 6.08 Å². The van der Waals surface area contributed by atoms with Gasteiger partial charge in [-0.2, -0.15) is 0 Å². The summed E-state index contributed by atoms with van der Waals surface area (Å²) in [6.07, 6.45) is 1.34. The van der Waals surface area contributed by atoms with Crippen LogP contribution in [0.5, 0.6) is 0 Å². The summed E-state index contributed by atoms with van der Waals surface area (Å²) in [5.41, 5.74) is 1.34. The summed E-state index contributed by atoms with van der Waals surface area (Å²) in [5.74, 6) is -0.0495. The zero-order valence-corrected chi connectivity index (χ0v) is 14.2. The molecule has 1 saturated heterocycles. The second-order valence-electron chi connectivity index (χ2n) is 6.15. The topological polar surface area (TPSA) is 79.6 Å². The molecule has 0 radical (unpaired) electrons. The number of furan rings is 1. The van der Waals surface area contributed by atoms with Gasteiger partial charge in [-0.3, -0.25) is 14.9 Å². The number of hydrogen-bond acceptors (Lipinski definition) is 4. The first-order chi connectivity index (χ1) is 11.9. The second-order valence-corrected chi connectivity index (χ2v) is 6.15. The van der Waals surface area contributed by atoms with E-state index in [9.17, 15) is 14.4 Å².